The number of allylic oxidation sites excluding steroid dienone is 18. The van der Waals surface area contributed by atoms with Crippen molar-refractivity contribution >= 4 is 17.9 Å². The van der Waals surface area contributed by atoms with E-state index < -0.39 is 24.1 Å². The van der Waals surface area contributed by atoms with Crippen molar-refractivity contribution < 1.29 is 38.2 Å². The Bertz CT molecular complexity index is 1180. The van der Waals surface area contributed by atoms with E-state index in [1.54, 1.807) is 0 Å². The van der Waals surface area contributed by atoms with Crippen LogP contribution in [0.1, 0.15) is 84.5 Å². The fourth-order valence-corrected chi connectivity index (χ4v) is 4.36. The Morgan fingerprint density at radius 3 is 1.58 bits per heavy atom. The third-order valence-electron chi connectivity index (χ3n) is 7.14. The van der Waals surface area contributed by atoms with E-state index in [0.29, 0.717) is 25.7 Å². The number of carbonyl (C=O) groups excluding carboxylic acids is 2. The summed E-state index contributed by atoms with van der Waals surface area (Å²) in [5.74, 6) is -1.64. The maximum Gasteiger partial charge on any atom is 0.362 e. The molecule has 0 aromatic carbocycles. The highest BCUT2D eigenvalue weighted by Crippen LogP contribution is 2.10. The molecule has 0 aromatic heterocycles. The van der Waals surface area contributed by atoms with E-state index in [4.69, 9.17) is 14.2 Å². The minimum absolute atomic E-state index is 0.0107. The van der Waals surface area contributed by atoms with Crippen LogP contribution in [0.25, 0.3) is 0 Å². The predicted octanol–water partition coefficient (Wildman–Crippen LogP) is 8.95. The second kappa shape index (κ2) is 32.2. The maximum atomic E-state index is 12.6. The van der Waals surface area contributed by atoms with Gasteiger partial charge in [0.2, 0.25) is 0 Å². The van der Waals surface area contributed by atoms with E-state index in [9.17, 15) is 19.5 Å². The number of ether oxygens (including phenoxy) is 3. The monoisotopic (exact) mass is 694 g/mol. The zero-order chi connectivity index (χ0) is 37.1. The molecule has 0 amide bonds. The topological polar surface area (TPSA) is 99.1 Å². The summed E-state index contributed by atoms with van der Waals surface area (Å²) in [7, 11) is 5.45. The van der Waals surface area contributed by atoms with Gasteiger partial charge in [0.1, 0.15) is 6.61 Å². The highest BCUT2D eigenvalue weighted by molar-refractivity contribution is 5.72. The van der Waals surface area contributed by atoms with E-state index in [-0.39, 0.29) is 43.1 Å². The highest BCUT2D eigenvalue weighted by atomic mass is 16.6. The second-order valence-electron chi connectivity index (χ2n) is 12.6. The molecule has 0 aliphatic heterocycles. The minimum Gasteiger partial charge on any atom is -0.477 e. The van der Waals surface area contributed by atoms with Crippen LogP contribution in [0.4, 0.5) is 0 Å². The summed E-state index contributed by atoms with van der Waals surface area (Å²) >= 11 is 0. The Labute approximate surface area is 302 Å². The molecule has 0 saturated heterocycles. The molecule has 50 heavy (non-hydrogen) atoms. The molecule has 0 aliphatic carbocycles. The summed E-state index contributed by atoms with van der Waals surface area (Å²) < 4.78 is 17.0. The van der Waals surface area contributed by atoms with Crippen LogP contribution in [0.5, 0.6) is 0 Å². The number of hydrogen-bond acceptors (Lipinski definition) is 6. The molecular formula is C42H64NO7+. The van der Waals surface area contributed by atoms with Crippen LogP contribution < -0.4 is 0 Å². The van der Waals surface area contributed by atoms with Crippen LogP contribution in [0.3, 0.4) is 0 Å². The SMILES string of the molecule is CC/C=C/C=C/C=C/C=C/C=C/CCCC(=O)OC(COCCC(C(=O)O)[N+](C)(C)C)COC(=O)CCCCC/C=C/C=C/C=C/C=C/CC. The third kappa shape index (κ3) is 30.1. The summed E-state index contributed by atoms with van der Waals surface area (Å²) in [6, 6.07) is -0.639. The number of carboxylic acids is 1. The standard InChI is InChI=1S/C42H63NO7/c1-6-8-10-12-14-16-18-20-22-24-26-28-30-32-40(44)49-37-38(36-48-35-34-39(42(46)47)43(3,4)5)50-41(45)33-31-29-27-25-23-21-19-17-15-13-11-9-7-2/h8-23,25,27,38-39H,6-7,24,26,28-37H2,1-5H3/p+1/b10-8+,11-9+,14-12+,15-13+,18-16+,19-17+,22-20+,23-21+,27-25+. The number of carboxylic acid groups (broad SMARTS) is 1. The number of hydrogen-bond donors (Lipinski definition) is 1. The zero-order valence-corrected chi connectivity index (χ0v) is 31.3. The van der Waals surface area contributed by atoms with Crippen LogP contribution in [0, 0.1) is 0 Å². The average molecular weight is 695 g/mol. The van der Waals surface area contributed by atoms with Gasteiger partial charge in [0, 0.05) is 19.3 Å². The van der Waals surface area contributed by atoms with Gasteiger partial charge in [-0.1, -0.05) is 130 Å². The quantitative estimate of drug-likeness (QED) is 0.0361. The minimum atomic E-state index is -0.900. The van der Waals surface area contributed by atoms with E-state index in [2.05, 4.69) is 32.1 Å². The molecule has 1 N–H and O–H groups in total. The van der Waals surface area contributed by atoms with Crippen molar-refractivity contribution in [2.75, 3.05) is 41.0 Å². The summed E-state index contributed by atoms with van der Waals surface area (Å²) in [6.07, 6.45) is 42.9. The van der Waals surface area contributed by atoms with Crippen LogP contribution in [-0.2, 0) is 28.6 Å². The van der Waals surface area contributed by atoms with Crippen molar-refractivity contribution in [1.29, 1.82) is 0 Å². The van der Waals surface area contributed by atoms with Gasteiger partial charge >= 0.3 is 17.9 Å². The lowest BCUT2D eigenvalue weighted by Gasteiger charge is -2.31. The molecule has 8 heteroatoms. The van der Waals surface area contributed by atoms with Crippen molar-refractivity contribution in [3.8, 4) is 0 Å². The largest absolute Gasteiger partial charge is 0.477 e. The molecule has 0 heterocycles. The van der Waals surface area contributed by atoms with Gasteiger partial charge in [0.25, 0.3) is 0 Å². The lowest BCUT2D eigenvalue weighted by molar-refractivity contribution is -0.887. The van der Waals surface area contributed by atoms with Gasteiger partial charge in [-0.05, 0) is 44.9 Å². The molecule has 0 rings (SSSR count). The first-order valence-corrected chi connectivity index (χ1v) is 18.0. The van der Waals surface area contributed by atoms with Crippen LogP contribution in [0.2, 0.25) is 0 Å². The molecule has 0 aromatic rings. The molecule has 0 saturated carbocycles. The summed E-state index contributed by atoms with van der Waals surface area (Å²) in [6.45, 7) is 4.27. The van der Waals surface area contributed by atoms with Gasteiger partial charge < -0.3 is 23.8 Å². The summed E-state index contributed by atoms with van der Waals surface area (Å²) in [5, 5.41) is 9.57. The van der Waals surface area contributed by atoms with Crippen molar-refractivity contribution in [1.82, 2.24) is 0 Å². The molecule has 0 spiro atoms. The predicted molar refractivity (Wildman–Crippen MR) is 206 cm³/mol. The molecule has 0 aliphatic rings. The number of quaternary nitrogens is 1. The number of likely N-dealkylation sites (N-methyl/N-ethyl adjacent to an activating group) is 1. The van der Waals surface area contributed by atoms with Gasteiger partial charge in [-0.2, -0.15) is 0 Å². The Morgan fingerprint density at radius 1 is 0.600 bits per heavy atom. The lowest BCUT2D eigenvalue weighted by atomic mass is 10.1. The number of unbranched alkanes of at least 4 members (excludes halogenated alkanes) is 4. The molecule has 8 nitrogen and oxygen atoms in total. The van der Waals surface area contributed by atoms with E-state index in [0.717, 1.165) is 32.1 Å². The number of nitrogens with zero attached hydrogens (tertiary/aromatic N) is 1. The van der Waals surface area contributed by atoms with Crippen molar-refractivity contribution in [3.05, 3.63) is 109 Å². The zero-order valence-electron chi connectivity index (χ0n) is 31.3. The second-order valence-corrected chi connectivity index (χ2v) is 12.6. The van der Waals surface area contributed by atoms with Gasteiger partial charge in [-0.15, -0.1) is 0 Å². The lowest BCUT2D eigenvalue weighted by Crippen LogP contribution is -2.50. The molecule has 0 fully saturated rings. The number of rotatable bonds is 29. The van der Waals surface area contributed by atoms with Crippen molar-refractivity contribution in [2.45, 2.75) is 96.6 Å². The summed E-state index contributed by atoms with van der Waals surface area (Å²) in [4.78, 5) is 36.7. The van der Waals surface area contributed by atoms with E-state index in [1.165, 1.54) is 0 Å². The number of aliphatic carboxylic acids is 1. The molecule has 0 bridgehead atoms. The van der Waals surface area contributed by atoms with E-state index >= 15 is 0 Å². The van der Waals surface area contributed by atoms with Gasteiger partial charge in [-0.3, -0.25) is 9.59 Å². The number of esters is 2. The smallest absolute Gasteiger partial charge is 0.362 e. The molecule has 2 atom stereocenters. The Balaban J connectivity index is 4.69. The molecular weight excluding hydrogens is 630 g/mol. The highest BCUT2D eigenvalue weighted by Gasteiger charge is 2.31. The van der Waals surface area contributed by atoms with Crippen molar-refractivity contribution in [2.24, 2.45) is 0 Å². The Morgan fingerprint density at radius 2 is 1.08 bits per heavy atom. The van der Waals surface area contributed by atoms with Gasteiger partial charge in [0.15, 0.2) is 12.1 Å². The fourth-order valence-electron chi connectivity index (χ4n) is 4.36. The van der Waals surface area contributed by atoms with Crippen molar-refractivity contribution in [3.63, 3.8) is 0 Å². The first kappa shape index (κ1) is 46.0. The molecule has 0 radical (unpaired) electrons. The summed E-state index contributed by atoms with van der Waals surface area (Å²) in [5.41, 5.74) is 0. The first-order chi connectivity index (χ1) is 24.1. The Hall–Kier alpha value is -4.01. The average Bonchev–Trinajstić information content (AvgIpc) is 3.06. The van der Waals surface area contributed by atoms with Crippen LogP contribution in [0.15, 0.2) is 109 Å². The first-order valence-electron chi connectivity index (χ1n) is 18.0. The van der Waals surface area contributed by atoms with Gasteiger partial charge in [-0.25, -0.2) is 4.79 Å². The van der Waals surface area contributed by atoms with Crippen LogP contribution >= 0.6 is 0 Å². The third-order valence-corrected chi connectivity index (χ3v) is 7.14. The van der Waals surface area contributed by atoms with Crippen LogP contribution in [-0.4, -0.2) is 80.6 Å². The van der Waals surface area contributed by atoms with Gasteiger partial charge in [0.05, 0.1) is 34.4 Å². The molecule has 278 valence electrons. The fraction of sp³-hybridized carbons (Fsp3) is 0.500. The maximum absolute atomic E-state index is 12.6. The normalized spacial score (nSPS) is 14.3. The number of carbonyl (C=O) groups is 3. The Kier molecular flexibility index (Phi) is 29.6. The van der Waals surface area contributed by atoms with E-state index in [1.807, 2.05) is 112 Å². The molecule has 2 unspecified atom stereocenters.